The number of nitriles is 1. The van der Waals surface area contributed by atoms with Crippen LogP contribution in [0.15, 0.2) is 60.7 Å². The van der Waals surface area contributed by atoms with Gasteiger partial charge in [0, 0.05) is 5.56 Å². The number of rotatable bonds is 3. The molecule has 0 spiro atoms. The molecule has 100 valence electrons. The third-order valence-electron chi connectivity index (χ3n) is 4.41. The van der Waals surface area contributed by atoms with Crippen LogP contribution in [-0.4, -0.2) is 24.1 Å². The summed E-state index contributed by atoms with van der Waals surface area (Å²) in [6, 6.07) is 23.5. The highest BCUT2D eigenvalue weighted by molar-refractivity contribution is 5.26. The summed E-state index contributed by atoms with van der Waals surface area (Å²) >= 11 is 0. The van der Waals surface area contributed by atoms with Crippen molar-refractivity contribution in [3.63, 3.8) is 0 Å². The lowest BCUT2D eigenvalue weighted by Crippen LogP contribution is -2.66. The van der Waals surface area contributed by atoms with E-state index >= 15 is 0 Å². The number of likely N-dealkylation sites (tertiary alicyclic amines) is 1. The van der Waals surface area contributed by atoms with Crippen molar-refractivity contribution in [1.29, 1.82) is 5.26 Å². The van der Waals surface area contributed by atoms with Crippen LogP contribution in [0.25, 0.3) is 0 Å². The third kappa shape index (κ3) is 2.21. The second-order valence-corrected chi connectivity index (χ2v) is 5.90. The summed E-state index contributed by atoms with van der Waals surface area (Å²) in [5.74, 6) is 0.370. The zero-order valence-electron chi connectivity index (χ0n) is 11.7. The molecular formula is C18H19N2+. The number of hydrogen-bond donors (Lipinski definition) is 0. The first kappa shape index (κ1) is 12.9. The largest absolute Gasteiger partial charge is 0.307 e. The third-order valence-corrected chi connectivity index (χ3v) is 4.41. The summed E-state index contributed by atoms with van der Waals surface area (Å²) in [6.07, 6.45) is 0. The lowest BCUT2D eigenvalue weighted by atomic mass is 9.80. The van der Waals surface area contributed by atoms with Crippen LogP contribution in [0.1, 0.15) is 17.0 Å². The van der Waals surface area contributed by atoms with Gasteiger partial charge < -0.3 is 4.48 Å². The summed E-state index contributed by atoms with van der Waals surface area (Å²) < 4.78 is 0.820. The van der Waals surface area contributed by atoms with Crippen LogP contribution in [0.5, 0.6) is 0 Å². The van der Waals surface area contributed by atoms with Crippen molar-refractivity contribution in [2.24, 2.45) is 0 Å². The average molecular weight is 263 g/mol. The maximum absolute atomic E-state index is 9.57. The van der Waals surface area contributed by atoms with Crippen molar-refractivity contribution in [1.82, 2.24) is 0 Å². The Hall–Kier alpha value is -2.11. The van der Waals surface area contributed by atoms with E-state index in [1.54, 1.807) is 0 Å². The van der Waals surface area contributed by atoms with E-state index in [2.05, 4.69) is 61.6 Å². The number of quaternary nitrogens is 1. The monoisotopic (exact) mass is 263 g/mol. The first-order valence-corrected chi connectivity index (χ1v) is 7.06. The summed E-state index contributed by atoms with van der Waals surface area (Å²) in [5.41, 5.74) is 2.60. The van der Waals surface area contributed by atoms with E-state index in [0.29, 0.717) is 5.92 Å². The molecule has 2 nitrogen and oxygen atoms in total. The normalized spacial score (nSPS) is 28.4. The van der Waals surface area contributed by atoms with Crippen LogP contribution in [0.2, 0.25) is 0 Å². The molecule has 1 aliphatic heterocycles. The second-order valence-electron chi connectivity index (χ2n) is 5.90. The van der Waals surface area contributed by atoms with E-state index in [0.717, 1.165) is 17.6 Å². The Kier molecular flexibility index (Phi) is 3.30. The quantitative estimate of drug-likeness (QED) is 0.779. The standard InChI is InChI=1S/C18H19N2/c1-20(13-15-8-4-2-5-9-15)14-17(18(20)12-19)16-10-6-3-7-11-16/h2-11,17-18H,13-14H2,1H3/q+1/t17-,18+,20-/m1/s1. The highest BCUT2D eigenvalue weighted by atomic mass is 15.4. The van der Waals surface area contributed by atoms with E-state index in [1.807, 2.05) is 12.1 Å². The maximum atomic E-state index is 9.57. The van der Waals surface area contributed by atoms with Gasteiger partial charge in [0.1, 0.15) is 12.6 Å². The fourth-order valence-corrected chi connectivity index (χ4v) is 3.34. The van der Waals surface area contributed by atoms with Gasteiger partial charge in [0.05, 0.1) is 19.5 Å². The van der Waals surface area contributed by atoms with Crippen molar-refractivity contribution in [2.75, 3.05) is 13.6 Å². The Morgan fingerprint density at radius 2 is 1.65 bits per heavy atom. The average Bonchev–Trinajstić information content (AvgIpc) is 2.47. The molecule has 0 aliphatic carbocycles. The molecule has 1 aliphatic rings. The summed E-state index contributed by atoms with van der Waals surface area (Å²) in [6.45, 7) is 1.97. The molecule has 20 heavy (non-hydrogen) atoms. The van der Waals surface area contributed by atoms with Crippen molar-refractivity contribution in [3.05, 3.63) is 71.8 Å². The SMILES string of the molecule is C[N@@+]1(Cc2ccccc2)C[C@H](c2ccccc2)[C@@H]1C#N. The van der Waals surface area contributed by atoms with Gasteiger partial charge in [0.15, 0.2) is 6.04 Å². The number of nitrogens with zero attached hydrogens (tertiary/aromatic N) is 2. The molecule has 0 aromatic heterocycles. The highest BCUT2D eigenvalue weighted by Crippen LogP contribution is 2.40. The predicted molar refractivity (Wildman–Crippen MR) is 79.8 cm³/mol. The second kappa shape index (κ2) is 5.11. The van der Waals surface area contributed by atoms with E-state index < -0.39 is 0 Å². The molecular weight excluding hydrogens is 244 g/mol. The van der Waals surface area contributed by atoms with Gasteiger partial charge in [-0.15, -0.1) is 0 Å². The lowest BCUT2D eigenvalue weighted by Gasteiger charge is -2.52. The van der Waals surface area contributed by atoms with Crippen LogP contribution in [0.3, 0.4) is 0 Å². The van der Waals surface area contributed by atoms with E-state index in [1.165, 1.54) is 11.1 Å². The molecule has 1 saturated heterocycles. The molecule has 1 heterocycles. The summed E-state index contributed by atoms with van der Waals surface area (Å²) in [5, 5.41) is 9.57. The molecule has 2 aromatic rings. The highest BCUT2D eigenvalue weighted by Gasteiger charge is 2.52. The first-order chi connectivity index (χ1) is 9.73. The minimum absolute atomic E-state index is 0.0533. The van der Waals surface area contributed by atoms with E-state index in [4.69, 9.17) is 0 Å². The minimum Gasteiger partial charge on any atom is -0.307 e. The number of hydrogen-bond acceptors (Lipinski definition) is 1. The molecule has 0 unspecified atom stereocenters. The van der Waals surface area contributed by atoms with Crippen molar-refractivity contribution in [3.8, 4) is 6.07 Å². The van der Waals surface area contributed by atoms with Crippen molar-refractivity contribution >= 4 is 0 Å². The molecule has 2 aromatic carbocycles. The van der Waals surface area contributed by atoms with Gasteiger partial charge in [-0.25, -0.2) is 0 Å². The molecule has 0 N–H and O–H groups in total. The number of likely N-dealkylation sites (N-methyl/N-ethyl adjacent to an activating group) is 1. The molecule has 0 radical (unpaired) electrons. The molecule has 0 saturated carbocycles. The number of benzene rings is 2. The van der Waals surface area contributed by atoms with Gasteiger partial charge in [-0.1, -0.05) is 60.7 Å². The van der Waals surface area contributed by atoms with Gasteiger partial charge in [-0.2, -0.15) is 5.26 Å². The van der Waals surface area contributed by atoms with Crippen molar-refractivity contribution < 1.29 is 4.48 Å². The van der Waals surface area contributed by atoms with E-state index in [9.17, 15) is 5.26 Å². The topological polar surface area (TPSA) is 23.8 Å². The van der Waals surface area contributed by atoms with Crippen LogP contribution >= 0.6 is 0 Å². The van der Waals surface area contributed by atoms with Gasteiger partial charge in [-0.05, 0) is 5.56 Å². The zero-order chi connectivity index (χ0) is 14.0. The first-order valence-electron chi connectivity index (χ1n) is 7.06. The Morgan fingerprint density at radius 3 is 2.25 bits per heavy atom. The predicted octanol–water partition coefficient (Wildman–Crippen LogP) is 3.32. The van der Waals surface area contributed by atoms with Crippen LogP contribution in [0, 0.1) is 11.3 Å². The molecule has 1 fully saturated rings. The Balaban J connectivity index is 1.79. The molecule has 3 rings (SSSR count). The summed E-state index contributed by atoms with van der Waals surface area (Å²) in [4.78, 5) is 0. The van der Waals surface area contributed by atoms with Crippen LogP contribution in [0.4, 0.5) is 0 Å². The molecule has 2 heteroatoms. The van der Waals surface area contributed by atoms with Gasteiger partial charge in [0.25, 0.3) is 0 Å². The summed E-state index contributed by atoms with van der Waals surface area (Å²) in [7, 11) is 2.19. The minimum atomic E-state index is 0.0533. The molecule has 0 bridgehead atoms. The van der Waals surface area contributed by atoms with Gasteiger partial charge in [-0.3, -0.25) is 0 Å². The van der Waals surface area contributed by atoms with Crippen LogP contribution in [-0.2, 0) is 6.54 Å². The Bertz CT molecular complexity index is 615. The smallest absolute Gasteiger partial charge is 0.188 e. The maximum Gasteiger partial charge on any atom is 0.188 e. The molecule has 0 amide bonds. The Morgan fingerprint density at radius 1 is 1.05 bits per heavy atom. The molecule has 3 atom stereocenters. The lowest BCUT2D eigenvalue weighted by molar-refractivity contribution is -0.980. The van der Waals surface area contributed by atoms with E-state index in [-0.39, 0.29) is 6.04 Å². The fourth-order valence-electron chi connectivity index (χ4n) is 3.34. The van der Waals surface area contributed by atoms with Crippen molar-refractivity contribution in [2.45, 2.75) is 18.5 Å². The van der Waals surface area contributed by atoms with Gasteiger partial charge >= 0.3 is 0 Å². The van der Waals surface area contributed by atoms with Gasteiger partial charge in [0.2, 0.25) is 0 Å². The van der Waals surface area contributed by atoms with Crippen LogP contribution < -0.4 is 0 Å². The fraction of sp³-hybridized carbons (Fsp3) is 0.278. The Labute approximate surface area is 120 Å². The zero-order valence-corrected chi connectivity index (χ0v) is 11.7.